The van der Waals surface area contributed by atoms with Crippen LogP contribution in [-0.4, -0.2) is 51.6 Å². The Morgan fingerprint density at radius 1 is 1.00 bits per heavy atom. The number of carbonyl (C=O) groups is 1. The number of benzene rings is 2. The summed E-state index contributed by atoms with van der Waals surface area (Å²) in [6.07, 6.45) is 2.94. The van der Waals surface area contributed by atoms with E-state index in [-0.39, 0.29) is 29.4 Å². The first-order valence-electron chi connectivity index (χ1n) is 13.4. The van der Waals surface area contributed by atoms with E-state index in [9.17, 15) is 14.0 Å². The molecule has 1 amide bonds. The average Bonchev–Trinajstić information content (AvgIpc) is 3.42. The predicted molar refractivity (Wildman–Crippen MR) is 152 cm³/mol. The summed E-state index contributed by atoms with van der Waals surface area (Å²) in [4.78, 5) is 35.3. The van der Waals surface area contributed by atoms with Gasteiger partial charge in [0.25, 0.3) is 11.5 Å². The van der Waals surface area contributed by atoms with Gasteiger partial charge in [0, 0.05) is 56.4 Å². The summed E-state index contributed by atoms with van der Waals surface area (Å²) in [7, 11) is 0. The monoisotopic (exact) mass is 571 g/mol. The fourth-order valence-electron chi connectivity index (χ4n) is 4.78. The highest BCUT2D eigenvalue weighted by Crippen LogP contribution is 2.32. The maximum absolute atomic E-state index is 15.3. The Hall–Kier alpha value is -4.87. The number of aromatic nitrogens is 3. The van der Waals surface area contributed by atoms with Crippen LogP contribution in [-0.2, 0) is 17.8 Å². The molecule has 0 radical (unpaired) electrons. The highest BCUT2D eigenvalue weighted by atomic mass is 19.1. The molecule has 1 saturated heterocycles. The molecule has 5 aromatic rings. The van der Waals surface area contributed by atoms with Gasteiger partial charge in [0.1, 0.15) is 17.2 Å². The molecule has 6 rings (SSSR count). The van der Waals surface area contributed by atoms with Gasteiger partial charge in [-0.1, -0.05) is 12.1 Å². The van der Waals surface area contributed by atoms with Crippen molar-refractivity contribution in [1.29, 1.82) is 0 Å². The Bertz CT molecular complexity index is 1800. The number of H-pyrrole nitrogens is 1. The van der Waals surface area contributed by atoms with Gasteiger partial charge in [0.2, 0.25) is 0 Å². The van der Waals surface area contributed by atoms with Gasteiger partial charge in [-0.25, -0.2) is 13.8 Å². The number of carbonyl (C=O) groups excluding carboxylic acids is 1. The second-order valence-corrected chi connectivity index (χ2v) is 9.91. The van der Waals surface area contributed by atoms with Crippen LogP contribution in [0.4, 0.5) is 8.78 Å². The van der Waals surface area contributed by atoms with E-state index in [1.165, 1.54) is 47.2 Å². The zero-order valence-electron chi connectivity index (χ0n) is 22.5. The van der Waals surface area contributed by atoms with Gasteiger partial charge in [-0.05, 0) is 48.0 Å². The number of amides is 1. The molecule has 0 unspecified atom stereocenters. The van der Waals surface area contributed by atoms with E-state index >= 15 is 4.39 Å². The minimum absolute atomic E-state index is 0.0246. The molecule has 0 saturated carbocycles. The molecule has 1 aliphatic heterocycles. The average molecular weight is 572 g/mol. The maximum Gasteiger partial charge on any atom is 0.255 e. The molecule has 11 heteroatoms. The number of hydrogen-bond donors (Lipinski definition) is 2. The van der Waals surface area contributed by atoms with Crippen LogP contribution < -0.4 is 15.6 Å². The van der Waals surface area contributed by atoms with E-state index in [2.05, 4.69) is 20.2 Å². The van der Waals surface area contributed by atoms with Crippen molar-refractivity contribution < 1.29 is 23.0 Å². The van der Waals surface area contributed by atoms with Crippen LogP contribution in [0.25, 0.3) is 16.7 Å². The normalized spacial score (nSPS) is 13.8. The van der Waals surface area contributed by atoms with E-state index in [1.54, 1.807) is 30.5 Å². The summed E-state index contributed by atoms with van der Waals surface area (Å²) < 4.78 is 41.0. The third-order valence-electron chi connectivity index (χ3n) is 7.00. The van der Waals surface area contributed by atoms with E-state index < -0.39 is 17.3 Å². The fourth-order valence-corrected chi connectivity index (χ4v) is 4.78. The zero-order valence-corrected chi connectivity index (χ0v) is 22.5. The van der Waals surface area contributed by atoms with Crippen LogP contribution in [0.15, 0.2) is 83.9 Å². The Kier molecular flexibility index (Phi) is 7.76. The third kappa shape index (κ3) is 6.07. The van der Waals surface area contributed by atoms with Crippen LogP contribution in [0.1, 0.15) is 21.6 Å². The van der Waals surface area contributed by atoms with Crippen LogP contribution in [0.5, 0.6) is 11.5 Å². The van der Waals surface area contributed by atoms with Gasteiger partial charge in [0.05, 0.1) is 29.9 Å². The summed E-state index contributed by atoms with van der Waals surface area (Å²) in [5, 5.41) is 3.45. The summed E-state index contributed by atoms with van der Waals surface area (Å²) in [5.74, 6) is -1.07. The van der Waals surface area contributed by atoms with Crippen molar-refractivity contribution in [2.75, 3.05) is 26.3 Å². The van der Waals surface area contributed by atoms with Crippen molar-refractivity contribution in [3.05, 3.63) is 118 Å². The van der Waals surface area contributed by atoms with Gasteiger partial charge in [0.15, 0.2) is 11.6 Å². The van der Waals surface area contributed by atoms with E-state index in [0.29, 0.717) is 31.2 Å². The predicted octanol–water partition coefficient (Wildman–Crippen LogP) is 4.55. The lowest BCUT2D eigenvalue weighted by atomic mass is 10.2. The van der Waals surface area contributed by atoms with Crippen molar-refractivity contribution in [3.63, 3.8) is 0 Å². The minimum atomic E-state index is -0.681. The quantitative estimate of drug-likeness (QED) is 0.284. The first-order valence-corrected chi connectivity index (χ1v) is 13.4. The molecule has 1 aliphatic rings. The number of nitrogens with zero attached hydrogens (tertiary/aromatic N) is 3. The zero-order chi connectivity index (χ0) is 29.1. The summed E-state index contributed by atoms with van der Waals surface area (Å²) in [5.41, 5.74) is 2.31. The van der Waals surface area contributed by atoms with Crippen molar-refractivity contribution >= 4 is 16.9 Å². The first-order chi connectivity index (χ1) is 20.4. The first kappa shape index (κ1) is 27.3. The van der Waals surface area contributed by atoms with Gasteiger partial charge in [-0.15, -0.1) is 0 Å². The molecule has 0 bridgehead atoms. The molecule has 9 nitrogen and oxygen atoms in total. The highest BCUT2D eigenvalue weighted by molar-refractivity contribution is 5.93. The smallest absolute Gasteiger partial charge is 0.255 e. The highest BCUT2D eigenvalue weighted by Gasteiger charge is 2.16. The van der Waals surface area contributed by atoms with Crippen molar-refractivity contribution in [3.8, 4) is 17.2 Å². The topological polar surface area (TPSA) is 101 Å². The number of halogens is 2. The largest absolute Gasteiger partial charge is 0.453 e. The number of morpholine rings is 1. The number of ether oxygens (including phenoxy) is 2. The van der Waals surface area contributed by atoms with Crippen LogP contribution >= 0.6 is 0 Å². The lowest BCUT2D eigenvalue weighted by molar-refractivity contribution is 0.0337. The Balaban J connectivity index is 1.19. The van der Waals surface area contributed by atoms with Gasteiger partial charge >= 0.3 is 0 Å². The van der Waals surface area contributed by atoms with Crippen molar-refractivity contribution in [1.82, 2.24) is 24.8 Å². The lowest BCUT2D eigenvalue weighted by Crippen LogP contribution is -2.35. The molecule has 0 spiro atoms. The summed E-state index contributed by atoms with van der Waals surface area (Å²) in [6, 6.07) is 16.2. The number of hydrogen-bond acceptors (Lipinski definition) is 6. The fraction of sp³-hybridized carbons (Fsp3) is 0.194. The van der Waals surface area contributed by atoms with Gasteiger partial charge in [-0.2, -0.15) is 0 Å². The van der Waals surface area contributed by atoms with E-state index in [1.807, 2.05) is 6.07 Å². The second-order valence-electron chi connectivity index (χ2n) is 9.91. The Morgan fingerprint density at radius 2 is 1.81 bits per heavy atom. The standard InChI is InChI=1S/C31H27F2N5O4/c32-22-4-1-20(2-5-22)17-35-31(40)21-3-8-29(39)38(18-21)24-6-7-28(26(33)16-24)42-27-9-10-34-30-25(27)15-23(36-30)19-37-11-13-41-14-12-37/h1-10,15-16,18H,11-14,17,19H2,(H,34,36)(H,35,40). The van der Waals surface area contributed by atoms with Crippen LogP contribution in [0.2, 0.25) is 0 Å². The van der Waals surface area contributed by atoms with Gasteiger partial charge in [-0.3, -0.25) is 19.1 Å². The molecule has 0 aliphatic carbocycles. The summed E-state index contributed by atoms with van der Waals surface area (Å²) in [6.45, 7) is 3.97. The second kappa shape index (κ2) is 11.9. The van der Waals surface area contributed by atoms with Crippen LogP contribution in [0.3, 0.4) is 0 Å². The van der Waals surface area contributed by atoms with Crippen LogP contribution in [0, 0.1) is 11.6 Å². The summed E-state index contributed by atoms with van der Waals surface area (Å²) >= 11 is 0. The number of fused-ring (bicyclic) bond motifs is 1. The molecule has 1 fully saturated rings. The molecule has 0 atom stereocenters. The minimum Gasteiger partial charge on any atom is -0.453 e. The SMILES string of the molecule is O=C(NCc1ccc(F)cc1)c1ccc(=O)n(-c2ccc(Oc3ccnc4[nH]c(CN5CCOCC5)cc34)c(F)c2)c1. The maximum atomic E-state index is 15.3. The Labute approximate surface area is 239 Å². The van der Waals surface area contributed by atoms with Crippen molar-refractivity contribution in [2.45, 2.75) is 13.1 Å². The lowest BCUT2D eigenvalue weighted by Gasteiger charge is -2.25. The molecule has 214 valence electrons. The molecule has 2 aromatic carbocycles. The van der Waals surface area contributed by atoms with E-state index in [0.717, 1.165) is 29.7 Å². The molecule has 42 heavy (non-hydrogen) atoms. The molecule has 2 N–H and O–H groups in total. The molecular formula is C31H27F2N5O4. The number of rotatable bonds is 8. The van der Waals surface area contributed by atoms with Gasteiger partial charge < -0.3 is 19.8 Å². The molecule has 4 heterocycles. The number of nitrogens with one attached hydrogen (secondary N) is 2. The Morgan fingerprint density at radius 3 is 2.60 bits per heavy atom. The van der Waals surface area contributed by atoms with Crippen molar-refractivity contribution in [2.24, 2.45) is 0 Å². The number of aromatic amines is 1. The molecular weight excluding hydrogens is 544 g/mol. The number of pyridine rings is 2. The van der Waals surface area contributed by atoms with E-state index in [4.69, 9.17) is 9.47 Å². The molecule has 3 aromatic heterocycles. The third-order valence-corrected chi connectivity index (χ3v) is 7.00.